The Kier molecular flexibility index (Phi) is 7.49. The van der Waals surface area contributed by atoms with Crippen LogP contribution in [0.1, 0.15) is 65.7 Å². The van der Waals surface area contributed by atoms with E-state index in [0.29, 0.717) is 44.0 Å². The van der Waals surface area contributed by atoms with Gasteiger partial charge in [0.15, 0.2) is 5.69 Å². The van der Waals surface area contributed by atoms with Crippen molar-refractivity contribution in [3.8, 4) is 0 Å². The zero-order chi connectivity index (χ0) is 30.2. The number of carboxylic acid groups (broad SMARTS) is 1. The minimum Gasteiger partial charge on any atom is -0.480 e. The molecule has 3 aliphatic rings. The summed E-state index contributed by atoms with van der Waals surface area (Å²) < 4.78 is 42.6. The molecule has 0 unspecified atom stereocenters. The van der Waals surface area contributed by atoms with Crippen LogP contribution in [0.5, 0.6) is 0 Å². The van der Waals surface area contributed by atoms with Crippen LogP contribution in [-0.4, -0.2) is 62.1 Å². The molecule has 2 aliphatic heterocycles. The van der Waals surface area contributed by atoms with Crippen LogP contribution in [0.4, 0.5) is 30.8 Å². The predicted molar refractivity (Wildman–Crippen MR) is 152 cm³/mol. The van der Waals surface area contributed by atoms with Crippen molar-refractivity contribution < 1.29 is 27.9 Å². The third-order valence-corrected chi connectivity index (χ3v) is 8.33. The van der Waals surface area contributed by atoms with E-state index in [9.17, 15) is 27.9 Å². The molecule has 2 N–H and O–H groups in total. The lowest BCUT2D eigenvalue weighted by Crippen LogP contribution is -2.55. The van der Waals surface area contributed by atoms with Gasteiger partial charge in [-0.1, -0.05) is 31.4 Å². The van der Waals surface area contributed by atoms with Crippen LogP contribution in [-0.2, 0) is 17.4 Å². The van der Waals surface area contributed by atoms with Crippen LogP contribution in [0, 0.1) is 0 Å². The van der Waals surface area contributed by atoms with E-state index in [1.807, 2.05) is 18.2 Å². The molecule has 2 aromatic heterocycles. The summed E-state index contributed by atoms with van der Waals surface area (Å²) in [6.07, 6.45) is 5.10. The second-order valence-corrected chi connectivity index (χ2v) is 11.1. The van der Waals surface area contributed by atoms with Gasteiger partial charge in [0, 0.05) is 43.9 Å². The number of amides is 1. The second-order valence-electron chi connectivity index (χ2n) is 11.1. The number of aliphatic carboxylic acids is 1. The quantitative estimate of drug-likeness (QED) is 0.415. The molecule has 0 saturated heterocycles. The number of halogens is 3. The number of carbonyl (C=O) groups excluding carboxylic acids is 1. The van der Waals surface area contributed by atoms with Crippen molar-refractivity contribution >= 4 is 35.0 Å². The van der Waals surface area contributed by atoms with Gasteiger partial charge in [0.25, 0.3) is 5.91 Å². The zero-order valence-electron chi connectivity index (χ0n) is 23.3. The van der Waals surface area contributed by atoms with E-state index in [1.165, 1.54) is 0 Å². The van der Waals surface area contributed by atoms with Gasteiger partial charge >= 0.3 is 12.1 Å². The number of nitrogens with zero attached hydrogens (tertiary/aromatic N) is 6. The number of aromatic nitrogens is 4. The third-order valence-electron chi connectivity index (χ3n) is 8.33. The van der Waals surface area contributed by atoms with E-state index in [4.69, 9.17) is 0 Å². The highest BCUT2D eigenvalue weighted by Crippen LogP contribution is 2.38. The zero-order valence-corrected chi connectivity index (χ0v) is 23.3. The number of carboxylic acids is 1. The predicted octanol–water partition coefficient (Wildman–Crippen LogP) is 4.79. The molecule has 0 spiro atoms. The normalized spacial score (nSPS) is 18.2. The van der Waals surface area contributed by atoms with Crippen LogP contribution in [0.3, 0.4) is 0 Å². The Balaban J connectivity index is 1.25. The molecule has 43 heavy (non-hydrogen) atoms. The fraction of sp³-hybridized carbons (Fsp3) is 0.400. The van der Waals surface area contributed by atoms with Crippen LogP contribution >= 0.6 is 0 Å². The smallest absolute Gasteiger partial charge is 0.434 e. The summed E-state index contributed by atoms with van der Waals surface area (Å²) in [5, 5.41) is 12.1. The van der Waals surface area contributed by atoms with Crippen molar-refractivity contribution in [1.29, 1.82) is 0 Å². The number of rotatable bonds is 6. The molecule has 1 saturated carbocycles. The molecule has 0 bridgehead atoms. The van der Waals surface area contributed by atoms with Gasteiger partial charge in [0.05, 0.1) is 5.56 Å². The molecule has 13 heteroatoms. The van der Waals surface area contributed by atoms with Crippen molar-refractivity contribution in [3.63, 3.8) is 0 Å². The maximum atomic E-state index is 14.2. The van der Waals surface area contributed by atoms with Gasteiger partial charge in [-0.25, -0.2) is 24.7 Å². The maximum absolute atomic E-state index is 14.2. The molecule has 1 fully saturated rings. The van der Waals surface area contributed by atoms with E-state index in [2.05, 4.69) is 36.2 Å². The van der Waals surface area contributed by atoms with Crippen LogP contribution in [0.15, 0.2) is 48.9 Å². The van der Waals surface area contributed by atoms with Gasteiger partial charge in [-0.15, -0.1) is 0 Å². The number of benzene rings is 1. The minimum absolute atomic E-state index is 0.149. The molecule has 224 valence electrons. The molecule has 0 radical (unpaired) electrons. The summed E-state index contributed by atoms with van der Waals surface area (Å²) in [5.41, 5.74) is -0.0305. The van der Waals surface area contributed by atoms with Crippen LogP contribution in [0.2, 0.25) is 0 Å². The standard InChI is InChI=1S/C30H30F3N7O3/c31-30(32,33)24-22(25(41)38-29(26(42)43)10-2-1-3-11-29)17-36-28(37-24)40-15-9-20-16-19(7-8-23(20)40)21-6-4-14-39(18-21)27-34-12-5-13-35-27/h5-8,12-13,16-17H,1-4,9-11,14-15,18H2,(H,38,41)(H,42,43). The summed E-state index contributed by atoms with van der Waals surface area (Å²) in [4.78, 5) is 45.4. The van der Waals surface area contributed by atoms with E-state index in [0.717, 1.165) is 42.3 Å². The van der Waals surface area contributed by atoms with Crippen molar-refractivity contribution in [2.24, 2.45) is 0 Å². The maximum Gasteiger partial charge on any atom is 0.434 e. The molecule has 1 aliphatic carbocycles. The molecule has 1 amide bonds. The minimum atomic E-state index is -4.96. The Labute approximate surface area is 245 Å². The highest BCUT2D eigenvalue weighted by atomic mass is 19.4. The fourth-order valence-electron chi connectivity index (χ4n) is 6.10. The van der Waals surface area contributed by atoms with E-state index < -0.39 is 34.8 Å². The van der Waals surface area contributed by atoms with Crippen molar-refractivity contribution in [3.05, 3.63) is 71.3 Å². The van der Waals surface area contributed by atoms with E-state index >= 15 is 0 Å². The largest absolute Gasteiger partial charge is 0.480 e. The fourth-order valence-corrected chi connectivity index (χ4v) is 6.10. The lowest BCUT2D eigenvalue weighted by atomic mass is 9.81. The molecule has 4 heterocycles. The van der Waals surface area contributed by atoms with Crippen LogP contribution < -0.4 is 15.1 Å². The average Bonchev–Trinajstić information content (AvgIpc) is 3.44. The topological polar surface area (TPSA) is 124 Å². The lowest BCUT2D eigenvalue weighted by Gasteiger charge is -2.34. The Morgan fingerprint density at radius 1 is 1.00 bits per heavy atom. The van der Waals surface area contributed by atoms with Crippen LogP contribution in [0.25, 0.3) is 5.57 Å². The molecule has 1 aromatic carbocycles. The number of nitrogens with one attached hydrogen (secondary N) is 1. The molecule has 0 atom stereocenters. The SMILES string of the molecule is O=C(NC1(C(=O)O)CCCCC1)c1cnc(N2CCc3cc(C4=CCCN(c5ncccn5)C4)ccc32)nc1C(F)(F)F. The summed E-state index contributed by atoms with van der Waals surface area (Å²) in [6, 6.07) is 7.60. The summed E-state index contributed by atoms with van der Waals surface area (Å²) >= 11 is 0. The highest BCUT2D eigenvalue weighted by Gasteiger charge is 2.44. The average molecular weight is 594 g/mol. The summed E-state index contributed by atoms with van der Waals surface area (Å²) in [6.45, 7) is 1.81. The van der Waals surface area contributed by atoms with Gasteiger partial charge in [0.2, 0.25) is 11.9 Å². The number of hydrogen-bond acceptors (Lipinski definition) is 8. The Hall–Kier alpha value is -4.55. The third kappa shape index (κ3) is 5.63. The molecule has 3 aromatic rings. The Bertz CT molecular complexity index is 1570. The lowest BCUT2D eigenvalue weighted by molar-refractivity contribution is -0.145. The first-order valence-electron chi connectivity index (χ1n) is 14.3. The number of alkyl halides is 3. The first kappa shape index (κ1) is 28.6. The van der Waals surface area contributed by atoms with Gasteiger partial charge in [-0.05, 0) is 60.6 Å². The number of carbonyl (C=O) groups is 2. The molecule has 6 rings (SSSR count). The second kappa shape index (κ2) is 11.3. The van der Waals surface area contributed by atoms with Crippen molar-refractivity contribution in [1.82, 2.24) is 25.3 Å². The number of fused-ring (bicyclic) bond motifs is 1. The monoisotopic (exact) mass is 593 g/mol. The van der Waals surface area contributed by atoms with Gasteiger partial charge in [-0.2, -0.15) is 13.2 Å². The van der Waals surface area contributed by atoms with Crippen molar-refractivity contribution in [2.45, 2.75) is 56.7 Å². The summed E-state index contributed by atoms with van der Waals surface area (Å²) in [5.74, 6) is -1.92. The summed E-state index contributed by atoms with van der Waals surface area (Å²) in [7, 11) is 0. The first-order valence-corrected chi connectivity index (χ1v) is 14.3. The number of hydrogen-bond donors (Lipinski definition) is 2. The Morgan fingerprint density at radius 2 is 1.77 bits per heavy atom. The Morgan fingerprint density at radius 3 is 2.49 bits per heavy atom. The van der Waals surface area contributed by atoms with Gasteiger partial charge in [-0.3, -0.25) is 4.79 Å². The first-order chi connectivity index (χ1) is 20.6. The van der Waals surface area contributed by atoms with Gasteiger partial charge in [0.1, 0.15) is 5.54 Å². The van der Waals surface area contributed by atoms with Crippen molar-refractivity contribution in [2.75, 3.05) is 29.4 Å². The van der Waals surface area contributed by atoms with E-state index in [1.54, 1.807) is 23.4 Å². The number of anilines is 3. The highest BCUT2D eigenvalue weighted by molar-refractivity contribution is 5.98. The van der Waals surface area contributed by atoms with E-state index in [-0.39, 0.29) is 18.8 Å². The molecular weight excluding hydrogens is 563 g/mol. The van der Waals surface area contributed by atoms with Gasteiger partial charge < -0.3 is 20.2 Å². The molecular formula is C30H30F3N7O3. The molecule has 10 nitrogen and oxygen atoms in total.